The molecule has 0 unspecified atom stereocenters. The predicted octanol–water partition coefficient (Wildman–Crippen LogP) is 4.85. The van der Waals surface area contributed by atoms with Gasteiger partial charge in [-0.1, -0.05) is 17.7 Å². The summed E-state index contributed by atoms with van der Waals surface area (Å²) in [6.07, 6.45) is 0. The lowest BCUT2D eigenvalue weighted by atomic mass is 10.2. The van der Waals surface area contributed by atoms with E-state index in [1.165, 1.54) is 17.0 Å². The standard InChI is InChI=1S/C14H14ClF2NOS/c1-9(13-3-2-6-20-13)18-8-10-7-11(15)4-5-12(10)19-14(16)17/h2-7,9,14,18H,8H2,1H3/t9-/m0/s1. The van der Waals surface area contributed by atoms with Gasteiger partial charge in [-0.3, -0.25) is 0 Å². The van der Waals surface area contributed by atoms with E-state index in [4.69, 9.17) is 11.6 Å². The summed E-state index contributed by atoms with van der Waals surface area (Å²) in [5, 5.41) is 5.76. The molecule has 1 N–H and O–H groups in total. The fourth-order valence-electron chi connectivity index (χ4n) is 1.80. The molecule has 0 saturated heterocycles. The molecule has 0 radical (unpaired) electrons. The SMILES string of the molecule is C[C@H](NCc1cc(Cl)ccc1OC(F)F)c1cccs1. The van der Waals surface area contributed by atoms with E-state index in [0.717, 1.165) is 0 Å². The second-order valence-corrected chi connectivity index (χ2v) is 5.66. The highest BCUT2D eigenvalue weighted by atomic mass is 35.5. The van der Waals surface area contributed by atoms with Crippen LogP contribution in [-0.2, 0) is 6.54 Å². The van der Waals surface area contributed by atoms with Gasteiger partial charge in [0.2, 0.25) is 0 Å². The fraction of sp³-hybridized carbons (Fsp3) is 0.286. The molecule has 0 spiro atoms. The normalized spacial score (nSPS) is 12.7. The number of rotatable bonds is 6. The number of nitrogens with one attached hydrogen (secondary N) is 1. The third-order valence-electron chi connectivity index (χ3n) is 2.81. The topological polar surface area (TPSA) is 21.3 Å². The molecule has 108 valence electrons. The van der Waals surface area contributed by atoms with Gasteiger partial charge in [-0.25, -0.2) is 0 Å². The van der Waals surface area contributed by atoms with Crippen molar-refractivity contribution in [3.63, 3.8) is 0 Å². The van der Waals surface area contributed by atoms with Gasteiger partial charge in [0, 0.05) is 28.0 Å². The van der Waals surface area contributed by atoms with Crippen LogP contribution >= 0.6 is 22.9 Å². The molecule has 0 aliphatic carbocycles. The van der Waals surface area contributed by atoms with Crippen LogP contribution in [-0.4, -0.2) is 6.61 Å². The molecule has 1 aromatic carbocycles. The zero-order chi connectivity index (χ0) is 14.5. The van der Waals surface area contributed by atoms with Crippen molar-refractivity contribution in [3.05, 3.63) is 51.2 Å². The molecule has 0 bridgehead atoms. The van der Waals surface area contributed by atoms with Gasteiger partial charge in [0.15, 0.2) is 0 Å². The second-order valence-electron chi connectivity index (χ2n) is 4.25. The monoisotopic (exact) mass is 317 g/mol. The van der Waals surface area contributed by atoms with Crippen LogP contribution < -0.4 is 10.1 Å². The Morgan fingerprint density at radius 1 is 1.35 bits per heavy atom. The van der Waals surface area contributed by atoms with Crippen LogP contribution in [0.3, 0.4) is 0 Å². The Hall–Kier alpha value is -1.17. The van der Waals surface area contributed by atoms with Crippen molar-refractivity contribution >= 4 is 22.9 Å². The van der Waals surface area contributed by atoms with Gasteiger partial charge in [0.1, 0.15) is 5.75 Å². The fourth-order valence-corrected chi connectivity index (χ4v) is 2.75. The maximum atomic E-state index is 12.3. The number of hydrogen-bond acceptors (Lipinski definition) is 3. The summed E-state index contributed by atoms with van der Waals surface area (Å²) < 4.78 is 29.2. The molecule has 6 heteroatoms. The quantitative estimate of drug-likeness (QED) is 0.822. The molecule has 2 aromatic rings. The summed E-state index contributed by atoms with van der Waals surface area (Å²) in [5.74, 6) is 0.148. The van der Waals surface area contributed by atoms with E-state index in [-0.39, 0.29) is 11.8 Å². The first-order valence-corrected chi connectivity index (χ1v) is 7.32. The summed E-state index contributed by atoms with van der Waals surface area (Å²) >= 11 is 7.54. The predicted molar refractivity (Wildman–Crippen MR) is 77.7 cm³/mol. The van der Waals surface area contributed by atoms with Gasteiger partial charge >= 0.3 is 6.61 Å². The Morgan fingerprint density at radius 3 is 2.80 bits per heavy atom. The molecule has 0 fully saturated rings. The zero-order valence-corrected chi connectivity index (χ0v) is 12.3. The van der Waals surface area contributed by atoms with Crippen molar-refractivity contribution in [1.29, 1.82) is 0 Å². The van der Waals surface area contributed by atoms with E-state index >= 15 is 0 Å². The van der Waals surface area contributed by atoms with Gasteiger partial charge < -0.3 is 10.1 Å². The van der Waals surface area contributed by atoms with Crippen LogP contribution in [0.15, 0.2) is 35.7 Å². The number of halogens is 3. The van der Waals surface area contributed by atoms with Gasteiger partial charge in [-0.15, -0.1) is 11.3 Å². The third kappa shape index (κ3) is 4.16. The van der Waals surface area contributed by atoms with Gasteiger partial charge in [-0.2, -0.15) is 8.78 Å². The van der Waals surface area contributed by atoms with E-state index in [1.54, 1.807) is 17.4 Å². The molecule has 1 aromatic heterocycles. The Morgan fingerprint density at radius 2 is 2.15 bits per heavy atom. The van der Waals surface area contributed by atoms with Crippen molar-refractivity contribution in [2.24, 2.45) is 0 Å². The van der Waals surface area contributed by atoms with Crippen LogP contribution in [0, 0.1) is 0 Å². The lowest BCUT2D eigenvalue weighted by Crippen LogP contribution is -2.18. The van der Waals surface area contributed by atoms with Crippen molar-refractivity contribution in [2.45, 2.75) is 26.1 Å². The van der Waals surface area contributed by atoms with E-state index in [1.807, 2.05) is 24.4 Å². The third-order valence-corrected chi connectivity index (χ3v) is 4.10. The molecule has 2 rings (SSSR count). The van der Waals surface area contributed by atoms with E-state index < -0.39 is 6.61 Å². The maximum Gasteiger partial charge on any atom is 0.387 e. The average Bonchev–Trinajstić information content (AvgIpc) is 2.92. The number of thiophene rings is 1. The number of benzene rings is 1. The molecular formula is C14H14ClF2NOS. The Labute approximate surface area is 125 Å². The minimum atomic E-state index is -2.84. The van der Waals surface area contributed by atoms with E-state index in [2.05, 4.69) is 10.1 Å². The summed E-state index contributed by atoms with van der Waals surface area (Å²) in [4.78, 5) is 1.18. The molecule has 2 nitrogen and oxygen atoms in total. The van der Waals surface area contributed by atoms with Gasteiger partial charge in [0.25, 0.3) is 0 Å². The Kier molecular flexibility index (Phi) is 5.34. The molecule has 0 saturated carbocycles. The Bertz CT molecular complexity index is 548. The van der Waals surface area contributed by atoms with Crippen LogP contribution in [0.2, 0.25) is 5.02 Å². The van der Waals surface area contributed by atoms with Crippen molar-refractivity contribution < 1.29 is 13.5 Å². The first kappa shape index (κ1) is 15.2. The second kappa shape index (κ2) is 7.02. The lowest BCUT2D eigenvalue weighted by molar-refractivity contribution is -0.0505. The largest absolute Gasteiger partial charge is 0.434 e. The first-order valence-electron chi connectivity index (χ1n) is 6.06. The minimum absolute atomic E-state index is 0.133. The highest BCUT2D eigenvalue weighted by Gasteiger charge is 2.12. The zero-order valence-electron chi connectivity index (χ0n) is 10.8. The van der Waals surface area contributed by atoms with Crippen molar-refractivity contribution in [1.82, 2.24) is 5.32 Å². The molecule has 0 amide bonds. The van der Waals surface area contributed by atoms with Crippen LogP contribution in [0.25, 0.3) is 0 Å². The number of hydrogen-bond donors (Lipinski definition) is 1. The lowest BCUT2D eigenvalue weighted by Gasteiger charge is -2.15. The smallest absolute Gasteiger partial charge is 0.387 e. The van der Waals surface area contributed by atoms with Crippen LogP contribution in [0.5, 0.6) is 5.75 Å². The maximum absolute atomic E-state index is 12.3. The molecule has 1 atom stereocenters. The Balaban J connectivity index is 2.06. The van der Waals surface area contributed by atoms with Crippen LogP contribution in [0.4, 0.5) is 8.78 Å². The molecule has 1 heterocycles. The highest BCUT2D eigenvalue weighted by molar-refractivity contribution is 7.10. The summed E-state index contributed by atoms with van der Waals surface area (Å²) in [6.45, 7) is -0.421. The van der Waals surface area contributed by atoms with Crippen molar-refractivity contribution in [2.75, 3.05) is 0 Å². The van der Waals surface area contributed by atoms with Crippen molar-refractivity contribution in [3.8, 4) is 5.75 Å². The van der Waals surface area contributed by atoms with Gasteiger partial charge in [-0.05, 0) is 36.6 Å². The average molecular weight is 318 g/mol. The number of ether oxygens (including phenoxy) is 1. The van der Waals surface area contributed by atoms with E-state index in [9.17, 15) is 8.78 Å². The minimum Gasteiger partial charge on any atom is -0.434 e. The molecule has 0 aliphatic rings. The molecular weight excluding hydrogens is 304 g/mol. The van der Waals surface area contributed by atoms with E-state index in [0.29, 0.717) is 17.1 Å². The number of alkyl halides is 2. The van der Waals surface area contributed by atoms with Gasteiger partial charge in [0.05, 0.1) is 0 Å². The summed E-state index contributed by atoms with van der Waals surface area (Å²) in [7, 11) is 0. The molecule has 0 aliphatic heterocycles. The summed E-state index contributed by atoms with van der Waals surface area (Å²) in [5.41, 5.74) is 0.612. The highest BCUT2D eigenvalue weighted by Crippen LogP contribution is 2.26. The molecule has 20 heavy (non-hydrogen) atoms. The van der Waals surface area contributed by atoms with Crippen LogP contribution in [0.1, 0.15) is 23.4 Å². The first-order chi connectivity index (χ1) is 9.56. The summed E-state index contributed by atoms with van der Waals surface area (Å²) in [6, 6.07) is 8.76.